The Hall–Kier alpha value is -2.57. The van der Waals surface area contributed by atoms with E-state index in [9.17, 15) is 9.59 Å². The Balaban J connectivity index is 1.88. The van der Waals surface area contributed by atoms with Crippen molar-refractivity contribution >= 4 is 33.3 Å². The molecule has 0 aliphatic heterocycles. The van der Waals surface area contributed by atoms with E-state index in [4.69, 9.17) is 5.73 Å². The quantitative estimate of drug-likeness (QED) is 0.777. The van der Waals surface area contributed by atoms with Crippen LogP contribution >= 0.6 is 11.3 Å². The van der Waals surface area contributed by atoms with Gasteiger partial charge in [-0.1, -0.05) is 35.6 Å². The highest BCUT2D eigenvalue weighted by Crippen LogP contribution is 2.15. The van der Waals surface area contributed by atoms with Crippen LogP contribution in [0.2, 0.25) is 0 Å². The maximum atomic E-state index is 12.2. The number of nitrogens with two attached hydrogens (primary N) is 1. The molecule has 0 fully saturated rings. The normalized spacial score (nSPS) is 10.6. The lowest BCUT2D eigenvalue weighted by Gasteiger charge is -2.05. The van der Waals surface area contributed by atoms with Crippen molar-refractivity contribution in [3.8, 4) is 0 Å². The van der Waals surface area contributed by atoms with Crippen LogP contribution in [0.25, 0.3) is 10.9 Å². The van der Waals surface area contributed by atoms with E-state index in [0.29, 0.717) is 23.0 Å². The van der Waals surface area contributed by atoms with E-state index < -0.39 is 0 Å². The second-order valence-corrected chi connectivity index (χ2v) is 5.64. The maximum Gasteiger partial charge on any atom is 0.257 e. The molecule has 3 aromatic rings. The Labute approximate surface area is 130 Å². The highest BCUT2D eigenvalue weighted by atomic mass is 32.1. The van der Waals surface area contributed by atoms with Crippen molar-refractivity contribution in [2.45, 2.75) is 6.54 Å². The van der Waals surface area contributed by atoms with Crippen LogP contribution in [0.4, 0.5) is 5.13 Å². The molecule has 0 saturated heterocycles. The number of aromatic nitrogens is 1. The van der Waals surface area contributed by atoms with E-state index in [1.807, 2.05) is 0 Å². The molecule has 0 spiro atoms. The van der Waals surface area contributed by atoms with Gasteiger partial charge in [0, 0.05) is 12.1 Å². The van der Waals surface area contributed by atoms with Crippen molar-refractivity contribution in [1.29, 1.82) is 0 Å². The van der Waals surface area contributed by atoms with E-state index >= 15 is 0 Å². The van der Waals surface area contributed by atoms with Crippen molar-refractivity contribution in [3.63, 3.8) is 0 Å². The molecule has 6 heteroatoms. The Morgan fingerprint density at radius 1 is 1.14 bits per heavy atom. The van der Waals surface area contributed by atoms with Crippen molar-refractivity contribution in [2.75, 3.05) is 5.32 Å². The average molecular weight is 311 g/mol. The number of para-hydroxylation sites is 1. The predicted octanol–water partition coefficient (Wildman–Crippen LogP) is 2.37. The van der Waals surface area contributed by atoms with Crippen LogP contribution in [-0.2, 0) is 6.54 Å². The molecule has 1 heterocycles. The van der Waals surface area contributed by atoms with Crippen LogP contribution in [-0.4, -0.2) is 10.9 Å². The summed E-state index contributed by atoms with van der Waals surface area (Å²) >= 11 is 0.919. The molecule has 0 bridgehead atoms. The Bertz CT molecular complexity index is 888. The highest BCUT2D eigenvalue weighted by molar-refractivity contribution is 7.13. The summed E-state index contributed by atoms with van der Waals surface area (Å²) in [6, 6.07) is 14.0. The molecule has 0 aliphatic rings. The molecule has 22 heavy (non-hydrogen) atoms. The molecule has 3 rings (SSSR count). The lowest BCUT2D eigenvalue weighted by atomic mass is 10.1. The fourth-order valence-electron chi connectivity index (χ4n) is 2.03. The molecule has 0 atom stereocenters. The maximum absolute atomic E-state index is 12.2. The van der Waals surface area contributed by atoms with E-state index in [-0.39, 0.29) is 15.8 Å². The Kier molecular flexibility index (Phi) is 3.95. The van der Waals surface area contributed by atoms with E-state index in [0.717, 1.165) is 16.9 Å². The fraction of sp³-hybridized carbons (Fsp3) is 0.0625. The van der Waals surface area contributed by atoms with Gasteiger partial charge in [0.25, 0.3) is 5.91 Å². The molecule has 110 valence electrons. The molecule has 1 aromatic heterocycles. The Morgan fingerprint density at radius 3 is 2.59 bits per heavy atom. The largest absolute Gasteiger partial charge is 0.326 e. The van der Waals surface area contributed by atoms with Gasteiger partial charge in [0.1, 0.15) is 0 Å². The number of carbonyl (C=O) groups excluding carboxylic acids is 1. The van der Waals surface area contributed by atoms with E-state index in [1.54, 1.807) is 48.5 Å². The zero-order chi connectivity index (χ0) is 15.5. The highest BCUT2D eigenvalue weighted by Gasteiger charge is 2.09. The molecule has 1 amide bonds. The fourth-order valence-corrected chi connectivity index (χ4v) is 2.78. The summed E-state index contributed by atoms with van der Waals surface area (Å²) < 4.78 is -0.126. The van der Waals surface area contributed by atoms with Gasteiger partial charge in [0.2, 0.25) is 4.74 Å². The van der Waals surface area contributed by atoms with Gasteiger partial charge < -0.3 is 5.73 Å². The van der Waals surface area contributed by atoms with E-state index in [2.05, 4.69) is 10.3 Å². The number of hydrogen-bond acceptors (Lipinski definition) is 5. The number of hydrogen-bond donors (Lipinski definition) is 2. The lowest BCUT2D eigenvalue weighted by Crippen LogP contribution is -2.14. The topological polar surface area (TPSA) is 85.1 Å². The van der Waals surface area contributed by atoms with Gasteiger partial charge in [-0.05, 0) is 29.8 Å². The first-order valence-electron chi connectivity index (χ1n) is 6.67. The minimum atomic E-state index is -0.304. The molecule has 5 nitrogen and oxygen atoms in total. The van der Waals surface area contributed by atoms with Crippen molar-refractivity contribution in [3.05, 3.63) is 69.2 Å². The van der Waals surface area contributed by atoms with Crippen molar-refractivity contribution < 1.29 is 4.79 Å². The summed E-state index contributed by atoms with van der Waals surface area (Å²) in [5, 5.41) is 3.51. The average Bonchev–Trinajstić information content (AvgIpc) is 2.55. The van der Waals surface area contributed by atoms with Crippen LogP contribution in [0, 0.1) is 0 Å². The Morgan fingerprint density at radius 2 is 1.86 bits per heavy atom. The van der Waals surface area contributed by atoms with Crippen molar-refractivity contribution in [2.24, 2.45) is 5.73 Å². The number of carbonyl (C=O) groups is 1. The van der Waals surface area contributed by atoms with Crippen LogP contribution in [0.1, 0.15) is 15.9 Å². The number of fused-ring (bicyclic) bond motifs is 1. The van der Waals surface area contributed by atoms with Crippen LogP contribution < -0.4 is 15.8 Å². The minimum absolute atomic E-state index is 0.126. The minimum Gasteiger partial charge on any atom is -0.326 e. The van der Waals surface area contributed by atoms with Gasteiger partial charge in [-0.2, -0.15) is 0 Å². The molecule has 3 N–H and O–H groups in total. The van der Waals surface area contributed by atoms with Crippen LogP contribution in [0.3, 0.4) is 0 Å². The molecule has 0 unspecified atom stereocenters. The number of anilines is 1. The number of nitrogens with one attached hydrogen (secondary N) is 1. The molecule has 0 radical (unpaired) electrons. The second-order valence-electron chi connectivity index (χ2n) is 4.68. The van der Waals surface area contributed by atoms with Crippen molar-refractivity contribution in [1.82, 2.24) is 4.98 Å². The molecular weight excluding hydrogens is 298 g/mol. The van der Waals surface area contributed by atoms with Gasteiger partial charge in [-0.15, -0.1) is 0 Å². The monoisotopic (exact) mass is 311 g/mol. The first-order valence-corrected chi connectivity index (χ1v) is 7.49. The van der Waals surface area contributed by atoms with Crippen LogP contribution in [0.5, 0.6) is 0 Å². The number of benzene rings is 2. The first kappa shape index (κ1) is 14.4. The van der Waals surface area contributed by atoms with Gasteiger partial charge in [0.05, 0.1) is 10.9 Å². The molecule has 2 aromatic carbocycles. The smallest absolute Gasteiger partial charge is 0.257 e. The summed E-state index contributed by atoms with van der Waals surface area (Å²) in [4.78, 5) is 28.5. The zero-order valence-corrected chi connectivity index (χ0v) is 12.4. The van der Waals surface area contributed by atoms with Gasteiger partial charge >= 0.3 is 0 Å². The standard InChI is InChI=1S/C16H13N3O2S/c17-9-10-5-7-11(8-6-10)14(20)19-16-18-13-4-2-1-3-12(13)15(21)22-16/h1-8H,9,17H2,(H,18,19,20). The molecule has 0 aliphatic carbocycles. The van der Waals surface area contributed by atoms with Crippen LogP contribution in [0.15, 0.2) is 53.3 Å². The molecular formula is C16H13N3O2S. The van der Waals surface area contributed by atoms with E-state index in [1.165, 1.54) is 0 Å². The van der Waals surface area contributed by atoms with Gasteiger partial charge in [-0.3, -0.25) is 14.9 Å². The zero-order valence-electron chi connectivity index (χ0n) is 11.6. The SMILES string of the molecule is NCc1ccc(C(=O)Nc2nc3ccccc3c(=O)s2)cc1. The summed E-state index contributed by atoms with van der Waals surface area (Å²) in [5.41, 5.74) is 7.54. The third kappa shape index (κ3) is 2.88. The number of rotatable bonds is 3. The summed E-state index contributed by atoms with van der Waals surface area (Å²) in [6.45, 7) is 0.426. The second kappa shape index (κ2) is 6.05. The summed E-state index contributed by atoms with van der Waals surface area (Å²) in [5.74, 6) is -0.304. The van der Waals surface area contributed by atoms with Gasteiger partial charge in [0.15, 0.2) is 5.13 Å². The number of amides is 1. The summed E-state index contributed by atoms with van der Waals surface area (Å²) in [7, 11) is 0. The molecule has 0 saturated carbocycles. The van der Waals surface area contributed by atoms with Gasteiger partial charge in [-0.25, -0.2) is 4.98 Å². The third-order valence-corrected chi connectivity index (χ3v) is 4.00. The summed E-state index contributed by atoms with van der Waals surface area (Å²) in [6.07, 6.45) is 0. The first-order chi connectivity index (χ1) is 10.7. The third-order valence-electron chi connectivity index (χ3n) is 3.21. The lowest BCUT2D eigenvalue weighted by molar-refractivity contribution is 0.102. The number of nitrogens with zero attached hydrogens (tertiary/aromatic N) is 1. The predicted molar refractivity (Wildman–Crippen MR) is 88.2 cm³/mol.